The molecule has 0 fully saturated rings. The Morgan fingerprint density at radius 2 is 1.91 bits per heavy atom. The minimum atomic E-state index is -0.625. The summed E-state index contributed by atoms with van der Waals surface area (Å²) in [7, 11) is 0. The lowest BCUT2D eigenvalue weighted by molar-refractivity contribution is -0.121. The molecule has 0 bridgehead atoms. The summed E-state index contributed by atoms with van der Waals surface area (Å²) in [6, 6.07) is 10.8. The van der Waals surface area contributed by atoms with E-state index in [1.54, 1.807) is 24.4 Å². The van der Waals surface area contributed by atoms with Gasteiger partial charge in [0.2, 0.25) is 0 Å². The predicted molar refractivity (Wildman–Crippen MR) is 130 cm³/mol. The van der Waals surface area contributed by atoms with Gasteiger partial charge in [-0.2, -0.15) is 5.26 Å². The molecule has 1 aromatic carbocycles. The Balaban J connectivity index is 1.67. The number of aryl methyl sites for hydroxylation is 1. The molecule has 3 aliphatic rings. The highest BCUT2D eigenvalue weighted by Crippen LogP contribution is 2.51. The summed E-state index contributed by atoms with van der Waals surface area (Å²) in [4.78, 5) is 27.5. The van der Waals surface area contributed by atoms with Crippen molar-refractivity contribution in [3.8, 4) is 28.7 Å². The predicted octanol–water partition coefficient (Wildman–Crippen LogP) is 5.32. The van der Waals surface area contributed by atoms with Gasteiger partial charge in [-0.05, 0) is 61.8 Å². The van der Waals surface area contributed by atoms with Crippen molar-refractivity contribution in [2.75, 3.05) is 0 Å². The second-order valence-electron chi connectivity index (χ2n) is 10.1. The third-order valence-electron chi connectivity index (χ3n) is 8.20. The zero-order valence-corrected chi connectivity index (χ0v) is 19.8. The zero-order chi connectivity index (χ0) is 24.3. The van der Waals surface area contributed by atoms with Crippen molar-refractivity contribution < 1.29 is 9.18 Å². The molecule has 35 heavy (non-hydrogen) atoms. The molecule has 6 rings (SSSR count). The molecule has 3 aliphatic carbocycles. The van der Waals surface area contributed by atoms with Crippen molar-refractivity contribution in [3.63, 3.8) is 0 Å². The third-order valence-corrected chi connectivity index (χ3v) is 8.20. The molecule has 5 nitrogen and oxygen atoms in total. The van der Waals surface area contributed by atoms with Crippen LogP contribution in [0, 0.1) is 29.0 Å². The highest BCUT2D eigenvalue weighted by molar-refractivity contribution is 6.02. The zero-order valence-electron chi connectivity index (χ0n) is 19.8. The summed E-state index contributed by atoms with van der Waals surface area (Å²) < 4.78 is 15.1. The van der Waals surface area contributed by atoms with Crippen LogP contribution in [0.3, 0.4) is 0 Å². The normalized spacial score (nSPS) is 24.7. The van der Waals surface area contributed by atoms with Gasteiger partial charge in [-0.15, -0.1) is 0 Å². The lowest BCUT2D eigenvalue weighted by Gasteiger charge is -2.45. The van der Waals surface area contributed by atoms with Crippen LogP contribution >= 0.6 is 0 Å². The fourth-order valence-electron chi connectivity index (χ4n) is 6.44. The standard InChI is InChI=1S/C29H25FN4O/c1-16-22-11-10-21-25(20-6-3-4-8-23(20)30)33-28(19-12-13-32-24-9-5-7-18(19)24)34-27(21)29(22,2)14-17(15-31)26(16)35/h3-4,6,8,12-14,16,22H,5,7,9-11H2,1-2H3/t16?,22?,29-/m1/s1. The first kappa shape index (κ1) is 21.8. The van der Waals surface area contributed by atoms with Crippen LogP contribution in [0.1, 0.15) is 49.2 Å². The average Bonchev–Trinajstić information content (AvgIpc) is 3.35. The van der Waals surface area contributed by atoms with Gasteiger partial charge in [0.25, 0.3) is 0 Å². The molecule has 3 aromatic rings. The molecule has 2 unspecified atom stereocenters. The number of rotatable bonds is 2. The summed E-state index contributed by atoms with van der Waals surface area (Å²) in [6.45, 7) is 3.98. The van der Waals surface area contributed by atoms with Crippen molar-refractivity contribution in [2.24, 2.45) is 11.8 Å². The minimum absolute atomic E-state index is 0.0129. The number of carbonyl (C=O) groups is 1. The Labute approximate surface area is 203 Å². The average molecular weight is 465 g/mol. The van der Waals surface area contributed by atoms with Crippen LogP contribution in [0.2, 0.25) is 0 Å². The van der Waals surface area contributed by atoms with E-state index in [-0.39, 0.29) is 29.0 Å². The van der Waals surface area contributed by atoms with Crippen LogP contribution in [-0.4, -0.2) is 20.7 Å². The maximum Gasteiger partial charge on any atom is 0.176 e. The van der Waals surface area contributed by atoms with Crippen LogP contribution in [0.15, 0.2) is 48.2 Å². The number of hydrogen-bond acceptors (Lipinski definition) is 5. The van der Waals surface area contributed by atoms with Gasteiger partial charge in [-0.25, -0.2) is 14.4 Å². The molecule has 0 amide bonds. The van der Waals surface area contributed by atoms with Crippen LogP contribution in [0.5, 0.6) is 0 Å². The van der Waals surface area contributed by atoms with E-state index in [0.717, 1.165) is 53.8 Å². The van der Waals surface area contributed by atoms with Gasteiger partial charge in [0.05, 0.1) is 17.0 Å². The number of Topliss-reactive ketones (excluding diaryl/α,β-unsaturated/α-hetero) is 1. The number of ketones is 1. The van der Waals surface area contributed by atoms with Crippen LogP contribution in [0.4, 0.5) is 4.39 Å². The van der Waals surface area contributed by atoms with Crippen molar-refractivity contribution in [3.05, 3.63) is 76.5 Å². The summed E-state index contributed by atoms with van der Waals surface area (Å²) in [5.41, 5.74) is 5.47. The van der Waals surface area contributed by atoms with E-state index in [0.29, 0.717) is 23.5 Å². The van der Waals surface area contributed by atoms with E-state index in [2.05, 4.69) is 18.0 Å². The molecule has 0 spiro atoms. The highest BCUT2D eigenvalue weighted by atomic mass is 19.1. The molecule has 0 aliphatic heterocycles. The molecule has 2 heterocycles. The molecular weight excluding hydrogens is 439 g/mol. The molecule has 2 aromatic heterocycles. The Kier molecular flexibility index (Phi) is 4.93. The number of pyridine rings is 1. The second-order valence-corrected chi connectivity index (χ2v) is 10.1. The summed E-state index contributed by atoms with van der Waals surface area (Å²) in [5, 5.41) is 9.71. The lowest BCUT2D eigenvalue weighted by atomic mass is 9.57. The van der Waals surface area contributed by atoms with Crippen molar-refractivity contribution in [1.82, 2.24) is 15.0 Å². The van der Waals surface area contributed by atoms with E-state index in [4.69, 9.17) is 9.97 Å². The van der Waals surface area contributed by atoms with E-state index < -0.39 is 5.41 Å². The molecule has 3 atom stereocenters. The maximum atomic E-state index is 15.1. The monoisotopic (exact) mass is 464 g/mol. The number of nitrogens with zero attached hydrogens (tertiary/aromatic N) is 4. The first-order valence-electron chi connectivity index (χ1n) is 12.2. The number of hydrogen-bond donors (Lipinski definition) is 0. The number of halogens is 1. The number of nitriles is 1. The molecule has 0 N–H and O–H groups in total. The largest absolute Gasteiger partial charge is 0.293 e. The summed E-state index contributed by atoms with van der Waals surface area (Å²) >= 11 is 0. The van der Waals surface area contributed by atoms with Crippen molar-refractivity contribution in [2.45, 2.75) is 51.4 Å². The van der Waals surface area contributed by atoms with Gasteiger partial charge < -0.3 is 0 Å². The van der Waals surface area contributed by atoms with E-state index >= 15 is 4.39 Å². The lowest BCUT2D eigenvalue weighted by Crippen LogP contribution is -2.46. The SMILES string of the molecule is CC1C(=O)C(C#N)=C[C@@]2(C)c3nc(-c4ccnc5c4CCC5)nc(-c4ccccc4F)c3CCC12. The Morgan fingerprint density at radius 1 is 1.09 bits per heavy atom. The number of carbonyl (C=O) groups excluding carboxylic acids is 1. The van der Waals surface area contributed by atoms with E-state index in [1.165, 1.54) is 6.07 Å². The molecule has 6 heteroatoms. The Morgan fingerprint density at radius 3 is 2.71 bits per heavy atom. The smallest absolute Gasteiger partial charge is 0.176 e. The van der Waals surface area contributed by atoms with Gasteiger partial charge in [0.1, 0.15) is 11.9 Å². The second kappa shape index (κ2) is 7.91. The maximum absolute atomic E-state index is 15.1. The van der Waals surface area contributed by atoms with E-state index in [1.807, 2.05) is 19.1 Å². The van der Waals surface area contributed by atoms with Gasteiger partial charge >= 0.3 is 0 Å². The molecule has 0 radical (unpaired) electrons. The van der Waals surface area contributed by atoms with Gasteiger partial charge in [0, 0.05) is 39.9 Å². The molecular formula is C29H25FN4O. The first-order chi connectivity index (χ1) is 16.9. The minimum Gasteiger partial charge on any atom is -0.293 e. The van der Waals surface area contributed by atoms with Gasteiger partial charge in [0.15, 0.2) is 11.6 Å². The van der Waals surface area contributed by atoms with Gasteiger partial charge in [-0.3, -0.25) is 9.78 Å². The summed E-state index contributed by atoms with van der Waals surface area (Å²) in [6.07, 6.45) is 7.89. The summed E-state index contributed by atoms with van der Waals surface area (Å²) in [5.74, 6) is -0.144. The van der Waals surface area contributed by atoms with Gasteiger partial charge in [-0.1, -0.05) is 32.1 Å². The molecule has 0 saturated carbocycles. The fourth-order valence-corrected chi connectivity index (χ4v) is 6.44. The number of fused-ring (bicyclic) bond motifs is 4. The number of allylic oxidation sites excluding steroid dienone is 2. The topological polar surface area (TPSA) is 79.5 Å². The molecule has 174 valence electrons. The Bertz CT molecular complexity index is 1470. The van der Waals surface area contributed by atoms with Crippen LogP contribution < -0.4 is 0 Å². The highest BCUT2D eigenvalue weighted by Gasteiger charge is 2.49. The molecule has 0 saturated heterocycles. The quantitative estimate of drug-likeness (QED) is 0.513. The van der Waals surface area contributed by atoms with Crippen LogP contribution in [0.25, 0.3) is 22.6 Å². The van der Waals surface area contributed by atoms with Crippen LogP contribution in [-0.2, 0) is 29.5 Å². The van der Waals surface area contributed by atoms with E-state index in [9.17, 15) is 10.1 Å². The number of aromatic nitrogens is 3. The third kappa shape index (κ3) is 3.18. The first-order valence-corrected chi connectivity index (χ1v) is 12.2. The van der Waals surface area contributed by atoms with Crippen molar-refractivity contribution in [1.29, 1.82) is 5.26 Å². The number of benzene rings is 1. The van der Waals surface area contributed by atoms with Crippen molar-refractivity contribution >= 4 is 5.78 Å². The Hall–Kier alpha value is -3.72. The fraction of sp³-hybridized carbons (Fsp3) is 0.345.